The number of hydrogen-bond donors (Lipinski definition) is 5. The highest BCUT2D eigenvalue weighted by Crippen LogP contribution is 2.36. The van der Waals surface area contributed by atoms with Gasteiger partial charge in [-0.3, -0.25) is 4.79 Å². The molecule has 2 aromatic rings. The molecule has 0 spiro atoms. The number of aliphatic hydroxyl groups is 3. The molecule has 0 radical (unpaired) electrons. The summed E-state index contributed by atoms with van der Waals surface area (Å²) in [6.45, 7) is 1.99. The van der Waals surface area contributed by atoms with Crippen LogP contribution >= 0.6 is 0 Å². The van der Waals surface area contributed by atoms with Crippen LogP contribution in [0, 0.1) is 0 Å². The lowest BCUT2D eigenvalue weighted by atomic mass is 9.89. The fraction of sp³-hybridized carbons (Fsp3) is 0.368. The molecule has 0 saturated carbocycles. The van der Waals surface area contributed by atoms with E-state index in [1.165, 1.54) is 6.92 Å². The highest BCUT2D eigenvalue weighted by Gasteiger charge is 2.28. The van der Waals surface area contributed by atoms with Crippen LogP contribution in [-0.2, 0) is 31.1 Å². The molecule has 8 nitrogen and oxygen atoms in total. The average Bonchev–Trinajstić information content (AvgIpc) is 3.06. The lowest BCUT2D eigenvalue weighted by Crippen LogP contribution is -2.10. The zero-order chi connectivity index (χ0) is 20.1. The fourth-order valence-electron chi connectivity index (χ4n) is 3.21. The third kappa shape index (κ3) is 3.79. The van der Waals surface area contributed by atoms with Crippen LogP contribution in [-0.4, -0.2) is 38.7 Å². The van der Waals surface area contributed by atoms with Crippen molar-refractivity contribution in [3.8, 4) is 11.1 Å². The van der Waals surface area contributed by atoms with Gasteiger partial charge in [-0.05, 0) is 36.1 Å². The first kappa shape index (κ1) is 20.8. The second-order valence-electron chi connectivity index (χ2n) is 5.91. The highest BCUT2D eigenvalue weighted by atomic mass is 16.5. The molecule has 0 saturated heterocycles. The molecule has 0 aliphatic heterocycles. The van der Waals surface area contributed by atoms with Crippen LogP contribution in [0.4, 0.5) is 0 Å². The van der Waals surface area contributed by atoms with Gasteiger partial charge >= 0.3 is 5.97 Å². The number of H-pyrrole nitrogens is 1. The number of Topliss-reactive ketones (excluding diaryl/α,β-unsaturated/α-hetero) is 1. The third-order valence-electron chi connectivity index (χ3n) is 4.40. The number of rotatable bonds is 8. The summed E-state index contributed by atoms with van der Waals surface area (Å²) in [7, 11) is 0. The lowest BCUT2D eigenvalue weighted by Gasteiger charge is -2.16. The first-order chi connectivity index (χ1) is 12.9. The van der Waals surface area contributed by atoms with Crippen molar-refractivity contribution >= 4 is 11.8 Å². The van der Waals surface area contributed by atoms with E-state index in [2.05, 4.69) is 4.98 Å². The number of nitrogens with two attached hydrogens (primary N) is 1. The Hall–Kier alpha value is -2.52. The zero-order valence-corrected chi connectivity index (χ0v) is 15.3. The summed E-state index contributed by atoms with van der Waals surface area (Å²) in [5.74, 6) is -1.05. The van der Waals surface area contributed by atoms with Crippen LogP contribution in [0.3, 0.4) is 0 Å². The lowest BCUT2D eigenvalue weighted by molar-refractivity contribution is 0.0517. The predicted molar refractivity (Wildman–Crippen MR) is 97.8 cm³/mol. The van der Waals surface area contributed by atoms with Crippen molar-refractivity contribution in [1.82, 2.24) is 4.98 Å². The average molecular weight is 376 g/mol. The van der Waals surface area contributed by atoms with Gasteiger partial charge in [0.05, 0.1) is 32.0 Å². The maximum Gasteiger partial charge on any atom is 0.355 e. The first-order valence-electron chi connectivity index (χ1n) is 8.54. The summed E-state index contributed by atoms with van der Waals surface area (Å²) >= 11 is 0. The minimum absolute atomic E-state index is 0.000438. The predicted octanol–water partition coefficient (Wildman–Crippen LogP) is 0.997. The summed E-state index contributed by atoms with van der Waals surface area (Å²) in [5, 5.41) is 29.1. The smallest absolute Gasteiger partial charge is 0.355 e. The Morgan fingerprint density at radius 3 is 2.26 bits per heavy atom. The Balaban J connectivity index is 2.86. The number of aliphatic hydroxyl groups excluding tert-OH is 3. The zero-order valence-electron chi connectivity index (χ0n) is 15.3. The maximum absolute atomic E-state index is 12.4. The number of ether oxygens (including phenoxy) is 1. The maximum atomic E-state index is 12.4. The van der Waals surface area contributed by atoms with Crippen LogP contribution in [0.25, 0.3) is 11.1 Å². The van der Waals surface area contributed by atoms with Crippen molar-refractivity contribution in [2.45, 2.75) is 40.2 Å². The second kappa shape index (κ2) is 8.92. The summed E-state index contributed by atoms with van der Waals surface area (Å²) in [5.41, 5.74) is 8.39. The highest BCUT2D eigenvalue weighted by molar-refractivity contribution is 6.10. The molecule has 0 aliphatic rings. The molecule has 0 bridgehead atoms. The number of hydrogen-bond acceptors (Lipinski definition) is 7. The number of esters is 1. The number of carbonyl (C=O) groups is 2. The van der Waals surface area contributed by atoms with E-state index in [-0.39, 0.29) is 36.8 Å². The van der Waals surface area contributed by atoms with Gasteiger partial charge in [-0.25, -0.2) is 4.79 Å². The Bertz CT molecular complexity index is 856. The fourth-order valence-corrected chi connectivity index (χ4v) is 3.21. The van der Waals surface area contributed by atoms with Gasteiger partial charge in [-0.2, -0.15) is 0 Å². The minimum Gasteiger partial charge on any atom is -0.461 e. The van der Waals surface area contributed by atoms with Gasteiger partial charge in [-0.1, -0.05) is 12.1 Å². The Labute approximate surface area is 156 Å². The molecule has 2 rings (SSSR count). The van der Waals surface area contributed by atoms with Crippen molar-refractivity contribution < 1.29 is 29.6 Å². The summed E-state index contributed by atoms with van der Waals surface area (Å²) in [4.78, 5) is 27.5. The van der Waals surface area contributed by atoms with E-state index < -0.39 is 19.2 Å². The molecular weight excluding hydrogens is 352 g/mol. The van der Waals surface area contributed by atoms with Gasteiger partial charge in [0, 0.05) is 17.8 Å². The standard InChI is InChI=1S/C19H24N2O6/c1-3-27-19(26)18-16(10(2)25)17(15(6-20)21-18)12-5-4-11(7-22)13(8-23)14(12)9-24/h4-5,21-24H,3,6-9,20H2,1-2H3. The van der Waals surface area contributed by atoms with E-state index in [1.54, 1.807) is 19.1 Å². The van der Waals surface area contributed by atoms with Crippen molar-refractivity contribution in [3.63, 3.8) is 0 Å². The quantitative estimate of drug-likeness (QED) is 0.341. The van der Waals surface area contributed by atoms with E-state index in [0.29, 0.717) is 33.5 Å². The van der Waals surface area contributed by atoms with E-state index >= 15 is 0 Å². The van der Waals surface area contributed by atoms with Gasteiger partial charge in [0.2, 0.25) is 0 Å². The minimum atomic E-state index is -0.677. The number of nitrogens with one attached hydrogen (secondary N) is 1. The molecule has 27 heavy (non-hydrogen) atoms. The van der Waals surface area contributed by atoms with Crippen LogP contribution in [0.1, 0.15) is 57.1 Å². The molecule has 0 fully saturated rings. The van der Waals surface area contributed by atoms with Gasteiger partial charge in [0.15, 0.2) is 5.78 Å². The number of ketones is 1. The van der Waals surface area contributed by atoms with Crippen molar-refractivity contribution in [2.75, 3.05) is 6.61 Å². The van der Waals surface area contributed by atoms with E-state index in [1.807, 2.05) is 0 Å². The monoisotopic (exact) mass is 376 g/mol. The van der Waals surface area contributed by atoms with Gasteiger partial charge in [-0.15, -0.1) is 0 Å². The topological polar surface area (TPSA) is 146 Å². The number of aromatic amines is 1. The van der Waals surface area contributed by atoms with Crippen molar-refractivity contribution in [2.24, 2.45) is 5.73 Å². The van der Waals surface area contributed by atoms with E-state index in [4.69, 9.17) is 10.5 Å². The van der Waals surface area contributed by atoms with Gasteiger partial charge in [0.1, 0.15) is 5.69 Å². The van der Waals surface area contributed by atoms with Gasteiger partial charge < -0.3 is 30.8 Å². The molecule has 0 atom stereocenters. The molecule has 1 aromatic heterocycles. The molecule has 146 valence electrons. The summed E-state index contributed by atoms with van der Waals surface area (Å²) < 4.78 is 5.02. The van der Waals surface area contributed by atoms with E-state index in [0.717, 1.165) is 0 Å². The van der Waals surface area contributed by atoms with Gasteiger partial charge in [0.25, 0.3) is 0 Å². The number of benzene rings is 1. The van der Waals surface area contributed by atoms with E-state index in [9.17, 15) is 24.9 Å². The SMILES string of the molecule is CCOC(=O)c1[nH]c(CN)c(-c2ccc(CO)c(CO)c2CO)c1C(C)=O. The van der Waals surface area contributed by atoms with Crippen LogP contribution < -0.4 is 5.73 Å². The van der Waals surface area contributed by atoms with Crippen molar-refractivity contribution in [3.05, 3.63) is 45.8 Å². The van der Waals surface area contributed by atoms with Crippen molar-refractivity contribution in [1.29, 1.82) is 0 Å². The molecule has 6 N–H and O–H groups in total. The Morgan fingerprint density at radius 2 is 1.78 bits per heavy atom. The third-order valence-corrected chi connectivity index (χ3v) is 4.40. The summed E-state index contributed by atoms with van der Waals surface area (Å²) in [6, 6.07) is 3.22. The van der Waals surface area contributed by atoms with Crippen LogP contribution in [0.5, 0.6) is 0 Å². The molecule has 1 aromatic carbocycles. The molecule has 8 heteroatoms. The second-order valence-corrected chi connectivity index (χ2v) is 5.91. The first-order valence-corrected chi connectivity index (χ1v) is 8.54. The molecule has 0 amide bonds. The molecule has 0 aliphatic carbocycles. The molecule has 0 unspecified atom stereocenters. The Morgan fingerprint density at radius 1 is 1.11 bits per heavy atom. The molecule has 1 heterocycles. The summed E-state index contributed by atoms with van der Waals surface area (Å²) in [6.07, 6.45) is 0. The Kier molecular flexibility index (Phi) is 6.86. The van der Waals surface area contributed by atoms with Crippen LogP contribution in [0.15, 0.2) is 12.1 Å². The van der Waals surface area contributed by atoms with Crippen LogP contribution in [0.2, 0.25) is 0 Å². The number of aromatic nitrogens is 1. The number of carbonyl (C=O) groups excluding carboxylic acids is 2. The normalized spacial score (nSPS) is 10.9. The molecular formula is C19H24N2O6. The largest absolute Gasteiger partial charge is 0.461 e.